The van der Waals surface area contributed by atoms with Crippen molar-refractivity contribution in [2.45, 2.75) is 26.2 Å². The van der Waals surface area contributed by atoms with Crippen molar-refractivity contribution in [3.8, 4) is 0 Å². The lowest BCUT2D eigenvalue weighted by molar-refractivity contribution is -0.384. The van der Waals surface area contributed by atoms with E-state index in [-0.39, 0.29) is 17.2 Å². The van der Waals surface area contributed by atoms with Crippen LogP contribution >= 0.6 is 0 Å². The van der Waals surface area contributed by atoms with E-state index in [9.17, 15) is 19.7 Å². The zero-order chi connectivity index (χ0) is 24.5. The van der Waals surface area contributed by atoms with Gasteiger partial charge < -0.3 is 19.5 Å². The number of nitrogens with zero attached hydrogens (tertiary/aromatic N) is 3. The molecule has 0 bridgehead atoms. The fourth-order valence-corrected chi connectivity index (χ4v) is 4.76. The van der Waals surface area contributed by atoms with E-state index < -0.39 is 10.8 Å². The van der Waals surface area contributed by atoms with Crippen LogP contribution in [0.4, 0.5) is 22.7 Å². The molecule has 9 nitrogen and oxygen atoms in total. The van der Waals surface area contributed by atoms with Gasteiger partial charge in [0, 0.05) is 42.6 Å². The fourth-order valence-electron chi connectivity index (χ4n) is 4.76. The van der Waals surface area contributed by atoms with Crippen molar-refractivity contribution in [1.29, 1.82) is 0 Å². The quantitative estimate of drug-likeness (QED) is 0.417. The Morgan fingerprint density at radius 2 is 1.80 bits per heavy atom. The molecule has 1 N–H and O–H groups in total. The summed E-state index contributed by atoms with van der Waals surface area (Å²) in [6.07, 6.45) is 5.53. The molecule has 0 radical (unpaired) electrons. The number of carbonyl (C=O) groups excluding carboxylic acids is 2. The Hall–Kier alpha value is -4.14. The van der Waals surface area contributed by atoms with Crippen molar-refractivity contribution < 1.29 is 18.9 Å². The summed E-state index contributed by atoms with van der Waals surface area (Å²) >= 11 is 0. The highest BCUT2D eigenvalue weighted by molar-refractivity contribution is 6.08. The van der Waals surface area contributed by atoms with Gasteiger partial charge in [-0.3, -0.25) is 19.7 Å². The van der Waals surface area contributed by atoms with E-state index >= 15 is 0 Å². The summed E-state index contributed by atoms with van der Waals surface area (Å²) in [7, 11) is 0. The van der Waals surface area contributed by atoms with E-state index in [1.165, 1.54) is 18.6 Å². The number of nitro benzene ring substituents is 1. The van der Waals surface area contributed by atoms with Crippen LogP contribution in [0.5, 0.6) is 0 Å². The van der Waals surface area contributed by atoms with Gasteiger partial charge in [-0.05, 0) is 67.1 Å². The Morgan fingerprint density at radius 3 is 2.51 bits per heavy atom. The van der Waals surface area contributed by atoms with Gasteiger partial charge in [-0.1, -0.05) is 6.92 Å². The molecule has 0 spiro atoms. The molecule has 2 aliphatic rings. The van der Waals surface area contributed by atoms with Crippen LogP contribution in [0.1, 0.15) is 46.0 Å². The molecule has 1 aromatic heterocycles. The lowest BCUT2D eigenvalue weighted by atomic mass is 9.98. The van der Waals surface area contributed by atoms with Crippen LogP contribution in [0.2, 0.25) is 0 Å². The summed E-state index contributed by atoms with van der Waals surface area (Å²) < 4.78 is 5.02. The lowest BCUT2D eigenvalue weighted by Gasteiger charge is -2.31. The highest BCUT2D eigenvalue weighted by Gasteiger charge is 2.27. The number of hydrogen-bond acceptors (Lipinski definition) is 6. The SMILES string of the molecule is CC1CCN(c2ccc(C(=O)Nc3ccc4c(c3)CCN4C(=O)c3ccoc3)cc2[N+](=O)[O-])CC1. The maximum absolute atomic E-state index is 12.9. The van der Waals surface area contributed by atoms with Gasteiger partial charge in [0.05, 0.1) is 16.7 Å². The number of amides is 2. The third-order valence-corrected chi connectivity index (χ3v) is 6.80. The van der Waals surface area contributed by atoms with Gasteiger partial charge >= 0.3 is 0 Å². The number of nitro groups is 1. The van der Waals surface area contributed by atoms with E-state index in [4.69, 9.17) is 4.42 Å². The molecule has 3 heterocycles. The first-order chi connectivity index (χ1) is 16.9. The van der Waals surface area contributed by atoms with Crippen LogP contribution in [0.3, 0.4) is 0 Å². The summed E-state index contributed by atoms with van der Waals surface area (Å²) in [5, 5.41) is 14.6. The van der Waals surface area contributed by atoms with Crippen molar-refractivity contribution in [2.24, 2.45) is 5.92 Å². The summed E-state index contributed by atoms with van der Waals surface area (Å²) in [4.78, 5) is 40.7. The van der Waals surface area contributed by atoms with Crippen LogP contribution < -0.4 is 15.1 Å². The Kier molecular flexibility index (Phi) is 5.98. The molecular formula is C26H26N4O5. The monoisotopic (exact) mass is 474 g/mol. The highest BCUT2D eigenvalue weighted by atomic mass is 16.6. The molecule has 1 saturated heterocycles. The first-order valence-corrected chi connectivity index (χ1v) is 11.7. The van der Waals surface area contributed by atoms with E-state index in [2.05, 4.69) is 12.2 Å². The predicted octanol–water partition coefficient (Wildman–Crippen LogP) is 4.88. The average molecular weight is 475 g/mol. The minimum Gasteiger partial charge on any atom is -0.472 e. The van der Waals surface area contributed by atoms with E-state index in [1.807, 2.05) is 11.0 Å². The van der Waals surface area contributed by atoms with Crippen molar-refractivity contribution in [1.82, 2.24) is 0 Å². The highest BCUT2D eigenvalue weighted by Crippen LogP contribution is 2.34. The van der Waals surface area contributed by atoms with Gasteiger partial charge in [0.2, 0.25) is 0 Å². The van der Waals surface area contributed by atoms with Crippen molar-refractivity contribution in [3.05, 3.63) is 81.8 Å². The second-order valence-corrected chi connectivity index (χ2v) is 9.15. The molecule has 2 aliphatic heterocycles. The van der Waals surface area contributed by atoms with Crippen molar-refractivity contribution in [2.75, 3.05) is 34.8 Å². The van der Waals surface area contributed by atoms with Crippen LogP contribution in [0, 0.1) is 16.0 Å². The third-order valence-electron chi connectivity index (χ3n) is 6.80. The first kappa shape index (κ1) is 22.6. The van der Waals surface area contributed by atoms with Gasteiger partial charge in [-0.2, -0.15) is 0 Å². The second-order valence-electron chi connectivity index (χ2n) is 9.15. The maximum atomic E-state index is 12.9. The normalized spacial score (nSPS) is 15.7. The molecule has 0 aliphatic carbocycles. The molecule has 2 amide bonds. The minimum absolute atomic E-state index is 0.0606. The molecule has 0 unspecified atom stereocenters. The smallest absolute Gasteiger partial charge is 0.293 e. The molecule has 0 atom stereocenters. The van der Waals surface area contributed by atoms with Gasteiger partial charge in [-0.15, -0.1) is 0 Å². The second kappa shape index (κ2) is 9.25. The Balaban J connectivity index is 1.32. The van der Waals surface area contributed by atoms with E-state index in [1.54, 1.807) is 35.2 Å². The molecule has 180 valence electrons. The van der Waals surface area contributed by atoms with Crippen LogP contribution in [-0.2, 0) is 6.42 Å². The van der Waals surface area contributed by atoms with Crippen LogP contribution in [0.25, 0.3) is 0 Å². The maximum Gasteiger partial charge on any atom is 0.293 e. The number of piperidine rings is 1. The number of nitrogens with one attached hydrogen (secondary N) is 1. The van der Waals surface area contributed by atoms with Crippen molar-refractivity contribution >= 4 is 34.6 Å². The Bertz CT molecular complexity index is 1280. The molecule has 9 heteroatoms. The summed E-state index contributed by atoms with van der Waals surface area (Å²) in [6, 6.07) is 11.7. The van der Waals surface area contributed by atoms with Crippen LogP contribution in [0.15, 0.2) is 59.4 Å². The third kappa shape index (κ3) is 4.49. The standard InChI is InChI=1S/C26H26N4O5/c1-17-6-10-28(11-7-17)23-4-2-19(15-24(23)30(33)34)25(31)27-21-3-5-22-18(14-21)8-12-29(22)26(32)20-9-13-35-16-20/h2-5,9,13-17H,6-8,10-12H2,1H3,(H,27,31). The Labute approximate surface area is 202 Å². The van der Waals surface area contributed by atoms with Crippen molar-refractivity contribution in [3.63, 3.8) is 0 Å². The number of furan rings is 1. The number of benzene rings is 2. The van der Waals surface area contributed by atoms with E-state index in [0.29, 0.717) is 35.8 Å². The van der Waals surface area contributed by atoms with Crippen LogP contribution in [-0.4, -0.2) is 36.4 Å². The number of carbonyl (C=O) groups is 2. The van der Waals surface area contributed by atoms with Gasteiger partial charge in [-0.25, -0.2) is 0 Å². The first-order valence-electron chi connectivity index (χ1n) is 11.7. The molecular weight excluding hydrogens is 448 g/mol. The topological polar surface area (TPSA) is 109 Å². The lowest BCUT2D eigenvalue weighted by Crippen LogP contribution is -2.33. The molecule has 1 fully saturated rings. The molecule has 3 aromatic rings. The zero-order valence-electron chi connectivity index (χ0n) is 19.4. The summed E-state index contributed by atoms with van der Waals surface area (Å²) in [5.41, 5.74) is 3.52. The molecule has 35 heavy (non-hydrogen) atoms. The number of rotatable bonds is 5. The average Bonchev–Trinajstić information content (AvgIpc) is 3.54. The molecule has 0 saturated carbocycles. The predicted molar refractivity (Wildman–Crippen MR) is 132 cm³/mol. The largest absolute Gasteiger partial charge is 0.472 e. The van der Waals surface area contributed by atoms with E-state index in [0.717, 1.165) is 37.2 Å². The van der Waals surface area contributed by atoms with Gasteiger partial charge in [0.15, 0.2) is 0 Å². The summed E-state index contributed by atoms with van der Waals surface area (Å²) in [5.74, 6) is 0.0552. The minimum atomic E-state index is -0.425. The summed E-state index contributed by atoms with van der Waals surface area (Å²) in [6.45, 7) is 4.26. The number of hydrogen-bond donors (Lipinski definition) is 1. The molecule has 2 aromatic carbocycles. The fraction of sp³-hybridized carbons (Fsp3) is 0.308. The van der Waals surface area contributed by atoms with Gasteiger partial charge in [0.25, 0.3) is 17.5 Å². The number of fused-ring (bicyclic) bond motifs is 1. The molecule has 5 rings (SSSR count). The number of anilines is 3. The zero-order valence-corrected chi connectivity index (χ0v) is 19.4. The van der Waals surface area contributed by atoms with Gasteiger partial charge in [0.1, 0.15) is 12.0 Å². The Morgan fingerprint density at radius 1 is 1.03 bits per heavy atom.